The van der Waals surface area contributed by atoms with Crippen LogP contribution in [-0.2, 0) is 13.5 Å². The van der Waals surface area contributed by atoms with Gasteiger partial charge in [-0.2, -0.15) is 5.10 Å². The van der Waals surface area contributed by atoms with Crippen LogP contribution < -0.4 is 5.32 Å². The second kappa shape index (κ2) is 8.01. The van der Waals surface area contributed by atoms with E-state index in [1.807, 2.05) is 47.0 Å². The highest BCUT2D eigenvalue weighted by Crippen LogP contribution is 2.31. The number of aromatic nitrogens is 2. The van der Waals surface area contributed by atoms with Crippen molar-refractivity contribution in [1.29, 1.82) is 0 Å². The van der Waals surface area contributed by atoms with Gasteiger partial charge in [0, 0.05) is 25.5 Å². The molecule has 1 aliphatic heterocycles. The van der Waals surface area contributed by atoms with Gasteiger partial charge in [0.2, 0.25) is 0 Å². The summed E-state index contributed by atoms with van der Waals surface area (Å²) in [5.41, 5.74) is 3.13. The zero-order valence-electron chi connectivity index (χ0n) is 14.8. The fraction of sp³-hybridized carbons (Fsp3) is 0.400. The van der Waals surface area contributed by atoms with Crippen molar-refractivity contribution in [2.45, 2.75) is 38.1 Å². The van der Waals surface area contributed by atoms with E-state index >= 15 is 0 Å². The quantitative estimate of drug-likeness (QED) is 0.827. The lowest BCUT2D eigenvalue weighted by atomic mass is 9.99. The van der Waals surface area contributed by atoms with Gasteiger partial charge in [-0.3, -0.25) is 4.68 Å². The second-order valence-electron chi connectivity index (χ2n) is 6.50. The molecular weight excluding hydrogens is 312 g/mol. The molecule has 25 heavy (non-hydrogen) atoms. The summed E-state index contributed by atoms with van der Waals surface area (Å²) >= 11 is 0. The molecule has 1 atom stereocenters. The van der Waals surface area contributed by atoms with E-state index in [4.69, 9.17) is 0 Å². The summed E-state index contributed by atoms with van der Waals surface area (Å²) in [5.74, 6) is 0. The first-order chi connectivity index (χ1) is 12.2. The van der Waals surface area contributed by atoms with E-state index in [0.717, 1.165) is 55.6 Å². The monoisotopic (exact) mass is 338 g/mol. The van der Waals surface area contributed by atoms with Gasteiger partial charge in [-0.25, -0.2) is 4.79 Å². The van der Waals surface area contributed by atoms with Crippen LogP contribution in [0.4, 0.5) is 10.5 Å². The largest absolute Gasteiger partial charge is 0.322 e. The Kier molecular flexibility index (Phi) is 5.53. The number of nitrogens with one attached hydrogen (secondary N) is 1. The summed E-state index contributed by atoms with van der Waals surface area (Å²) in [5, 5.41) is 7.39. The zero-order chi connectivity index (χ0) is 17.6. The molecule has 1 saturated heterocycles. The maximum Gasteiger partial charge on any atom is 0.322 e. The number of anilines is 1. The highest BCUT2D eigenvalue weighted by molar-refractivity contribution is 5.90. The number of piperidine rings is 1. The second-order valence-corrected chi connectivity index (χ2v) is 6.50. The first-order valence-electron chi connectivity index (χ1n) is 8.95. The summed E-state index contributed by atoms with van der Waals surface area (Å²) in [7, 11) is 1.94. The molecule has 0 spiro atoms. The van der Waals surface area contributed by atoms with Crippen LogP contribution in [-0.4, -0.2) is 27.3 Å². The Morgan fingerprint density at radius 1 is 1.36 bits per heavy atom. The number of amides is 2. The third kappa shape index (κ3) is 3.92. The summed E-state index contributed by atoms with van der Waals surface area (Å²) < 4.78 is 1.87. The molecule has 2 aromatic rings. The normalized spacial score (nSPS) is 17.3. The minimum absolute atomic E-state index is 0.0306. The van der Waals surface area contributed by atoms with E-state index in [1.54, 1.807) is 6.20 Å². The van der Waals surface area contributed by atoms with E-state index in [-0.39, 0.29) is 12.1 Å². The van der Waals surface area contributed by atoms with Gasteiger partial charge in [-0.1, -0.05) is 24.3 Å². The molecule has 0 aliphatic carbocycles. The van der Waals surface area contributed by atoms with E-state index < -0.39 is 0 Å². The maximum atomic E-state index is 13.0. The first kappa shape index (κ1) is 17.3. The third-order valence-corrected chi connectivity index (χ3v) is 4.84. The average molecular weight is 338 g/mol. The van der Waals surface area contributed by atoms with Crippen molar-refractivity contribution in [2.24, 2.45) is 7.05 Å². The number of carbonyl (C=O) groups excluding carboxylic acids is 1. The van der Waals surface area contributed by atoms with E-state index in [1.165, 1.54) is 0 Å². The standard InChI is InChI=1S/C20H26N4O/c1-3-4-9-16-10-5-6-11-17(16)22-20(25)24-15-8-7-12-19(24)18-13-14-21-23(18)2/h3,5-6,10-11,13-14,19H,1,4,7-9,12,15H2,2H3,(H,22,25). The summed E-state index contributed by atoms with van der Waals surface area (Å²) in [6, 6.07) is 10.1. The van der Waals surface area contributed by atoms with Crippen LogP contribution in [0.2, 0.25) is 0 Å². The van der Waals surface area contributed by atoms with Gasteiger partial charge in [-0.15, -0.1) is 6.58 Å². The fourth-order valence-electron chi connectivity index (χ4n) is 3.50. The number of aryl methyl sites for hydroxylation is 2. The molecule has 1 aromatic carbocycles. The van der Waals surface area contributed by atoms with Crippen molar-refractivity contribution in [3.05, 3.63) is 60.4 Å². The third-order valence-electron chi connectivity index (χ3n) is 4.84. The van der Waals surface area contributed by atoms with Crippen LogP contribution in [0.3, 0.4) is 0 Å². The summed E-state index contributed by atoms with van der Waals surface area (Å²) in [6.45, 7) is 4.56. The molecule has 0 bridgehead atoms. The Hall–Kier alpha value is -2.56. The number of rotatable bonds is 5. The van der Waals surface area contributed by atoms with Crippen LogP contribution in [0, 0.1) is 0 Å². The van der Waals surface area contributed by atoms with E-state index in [9.17, 15) is 4.79 Å². The Morgan fingerprint density at radius 2 is 2.20 bits per heavy atom. The molecule has 1 fully saturated rings. The molecule has 2 heterocycles. The maximum absolute atomic E-state index is 13.0. The Morgan fingerprint density at radius 3 is 2.96 bits per heavy atom. The number of allylic oxidation sites excluding steroid dienone is 1. The number of nitrogens with zero attached hydrogens (tertiary/aromatic N) is 3. The molecule has 1 unspecified atom stereocenters. The van der Waals surface area contributed by atoms with Crippen LogP contribution in [0.5, 0.6) is 0 Å². The zero-order valence-corrected chi connectivity index (χ0v) is 14.8. The number of para-hydroxylation sites is 1. The van der Waals surface area contributed by atoms with Gasteiger partial charge in [0.25, 0.3) is 0 Å². The summed E-state index contributed by atoms with van der Waals surface area (Å²) in [4.78, 5) is 14.9. The van der Waals surface area contributed by atoms with Crippen LogP contribution in [0.1, 0.15) is 43.0 Å². The molecule has 5 nitrogen and oxygen atoms in total. The topological polar surface area (TPSA) is 50.2 Å². The lowest BCUT2D eigenvalue weighted by molar-refractivity contribution is 0.159. The molecule has 1 N–H and O–H groups in total. The molecule has 0 saturated carbocycles. The van der Waals surface area contributed by atoms with Crippen LogP contribution in [0.15, 0.2) is 49.2 Å². The van der Waals surface area contributed by atoms with Gasteiger partial charge in [0.15, 0.2) is 0 Å². The van der Waals surface area contributed by atoms with Crippen LogP contribution >= 0.6 is 0 Å². The van der Waals surface area contributed by atoms with Gasteiger partial charge >= 0.3 is 6.03 Å². The molecule has 1 aromatic heterocycles. The molecular formula is C20H26N4O. The van der Waals surface area contributed by atoms with Gasteiger partial charge in [0.1, 0.15) is 0 Å². The Balaban J connectivity index is 1.77. The smallest absolute Gasteiger partial charge is 0.316 e. The van der Waals surface area contributed by atoms with E-state index in [2.05, 4.69) is 23.1 Å². The SMILES string of the molecule is C=CCCc1ccccc1NC(=O)N1CCCCC1c1ccnn1C. The lowest BCUT2D eigenvalue weighted by Gasteiger charge is -2.35. The van der Waals surface area contributed by atoms with Crippen molar-refractivity contribution in [2.75, 3.05) is 11.9 Å². The Bertz CT molecular complexity index is 737. The minimum atomic E-state index is -0.0306. The van der Waals surface area contributed by atoms with Gasteiger partial charge < -0.3 is 10.2 Å². The van der Waals surface area contributed by atoms with E-state index in [0.29, 0.717) is 0 Å². The number of carbonyl (C=O) groups is 1. The van der Waals surface area contributed by atoms with Crippen molar-refractivity contribution in [3.63, 3.8) is 0 Å². The molecule has 5 heteroatoms. The predicted octanol–water partition coefficient (Wildman–Crippen LogP) is 4.30. The molecule has 1 aliphatic rings. The van der Waals surface area contributed by atoms with Crippen LogP contribution in [0.25, 0.3) is 0 Å². The van der Waals surface area contributed by atoms with Crippen molar-refractivity contribution in [1.82, 2.24) is 14.7 Å². The fourth-order valence-corrected chi connectivity index (χ4v) is 3.50. The number of benzene rings is 1. The molecule has 3 rings (SSSR count). The minimum Gasteiger partial charge on any atom is -0.316 e. The number of likely N-dealkylation sites (tertiary alicyclic amines) is 1. The van der Waals surface area contributed by atoms with Crippen molar-refractivity contribution >= 4 is 11.7 Å². The lowest BCUT2D eigenvalue weighted by Crippen LogP contribution is -2.42. The van der Waals surface area contributed by atoms with Gasteiger partial charge in [-0.05, 0) is 49.8 Å². The summed E-state index contributed by atoms with van der Waals surface area (Å²) in [6.07, 6.45) is 8.63. The highest BCUT2D eigenvalue weighted by atomic mass is 16.2. The Labute approximate surface area is 149 Å². The average Bonchev–Trinajstić information content (AvgIpc) is 3.07. The first-order valence-corrected chi connectivity index (χ1v) is 8.95. The molecule has 132 valence electrons. The molecule has 2 amide bonds. The van der Waals surface area contributed by atoms with Crippen molar-refractivity contribution < 1.29 is 4.79 Å². The molecule has 0 radical (unpaired) electrons. The van der Waals surface area contributed by atoms with Crippen molar-refractivity contribution in [3.8, 4) is 0 Å². The number of hydrogen-bond donors (Lipinski definition) is 1. The highest BCUT2D eigenvalue weighted by Gasteiger charge is 2.30. The number of hydrogen-bond acceptors (Lipinski definition) is 2. The van der Waals surface area contributed by atoms with Gasteiger partial charge in [0.05, 0.1) is 11.7 Å². The number of urea groups is 1. The predicted molar refractivity (Wildman–Crippen MR) is 100 cm³/mol.